The Labute approximate surface area is 188 Å². The van der Waals surface area contributed by atoms with E-state index in [0.29, 0.717) is 44.1 Å². The van der Waals surface area contributed by atoms with E-state index in [4.69, 9.17) is 9.05 Å². The van der Waals surface area contributed by atoms with Crippen molar-refractivity contribution in [3.05, 3.63) is 28.7 Å². The molecule has 174 valence electrons. The molecule has 0 radical (unpaired) electrons. The van der Waals surface area contributed by atoms with Crippen LogP contribution in [0, 0.1) is 13.8 Å². The third-order valence-electron chi connectivity index (χ3n) is 6.88. The molecule has 9 heteroatoms. The van der Waals surface area contributed by atoms with Crippen LogP contribution in [0.2, 0.25) is 0 Å². The number of carbonyl (C=O) groups excluding carboxylic acids is 2. The molecular formula is C23H33N5O4. The van der Waals surface area contributed by atoms with Crippen molar-refractivity contribution >= 4 is 11.8 Å². The molecule has 1 aliphatic carbocycles. The Balaban J connectivity index is 1.31. The molecule has 1 saturated heterocycles. The number of hydrogen-bond acceptors (Lipinski definition) is 7. The highest BCUT2D eigenvalue weighted by Crippen LogP contribution is 2.35. The van der Waals surface area contributed by atoms with Gasteiger partial charge in [-0.05, 0) is 46.0 Å². The molecule has 2 amide bonds. The minimum absolute atomic E-state index is 0.0160. The van der Waals surface area contributed by atoms with Gasteiger partial charge in [-0.3, -0.25) is 9.59 Å². The SMILES string of the molecule is CC(=O)N(CCc1noc(C2CCC2)n1)C1CCCN(C(=O)CCc2c(C)noc2C)C1. The minimum Gasteiger partial charge on any atom is -0.361 e. The Morgan fingerprint density at radius 2 is 1.91 bits per heavy atom. The number of carbonyl (C=O) groups is 2. The lowest BCUT2D eigenvalue weighted by Gasteiger charge is -2.39. The fourth-order valence-corrected chi connectivity index (χ4v) is 4.69. The van der Waals surface area contributed by atoms with Crippen molar-refractivity contribution in [3.8, 4) is 0 Å². The largest absolute Gasteiger partial charge is 0.361 e. The Morgan fingerprint density at radius 1 is 1.09 bits per heavy atom. The van der Waals surface area contributed by atoms with Gasteiger partial charge >= 0.3 is 0 Å². The molecule has 0 spiro atoms. The standard InChI is InChI=1S/C23H33N5O4/c1-15-20(16(2)31-25-15)9-10-22(30)27-12-5-8-19(14-27)28(17(3)29)13-11-21-24-23(32-26-21)18-6-4-7-18/h18-19H,4-14H2,1-3H3. The number of amides is 2. The third-order valence-corrected chi connectivity index (χ3v) is 6.88. The maximum atomic E-state index is 12.9. The number of aromatic nitrogens is 3. The van der Waals surface area contributed by atoms with Crippen LogP contribution in [0.1, 0.15) is 80.1 Å². The van der Waals surface area contributed by atoms with Gasteiger partial charge in [0.15, 0.2) is 5.82 Å². The summed E-state index contributed by atoms with van der Waals surface area (Å²) < 4.78 is 10.6. The molecule has 2 aromatic heterocycles. The number of nitrogens with zero attached hydrogens (tertiary/aromatic N) is 5. The summed E-state index contributed by atoms with van der Waals surface area (Å²) in [6.07, 6.45) is 6.84. The molecule has 0 bridgehead atoms. The van der Waals surface area contributed by atoms with Crippen LogP contribution in [0.15, 0.2) is 9.05 Å². The maximum Gasteiger partial charge on any atom is 0.229 e. The van der Waals surface area contributed by atoms with E-state index in [2.05, 4.69) is 15.3 Å². The highest BCUT2D eigenvalue weighted by molar-refractivity contribution is 5.77. The topological polar surface area (TPSA) is 106 Å². The number of aryl methyl sites for hydroxylation is 2. The fraction of sp³-hybridized carbons (Fsp3) is 0.696. The monoisotopic (exact) mass is 443 g/mol. The summed E-state index contributed by atoms with van der Waals surface area (Å²) in [5.74, 6) is 2.69. The lowest BCUT2D eigenvalue weighted by atomic mass is 9.85. The minimum atomic E-state index is 0.0160. The van der Waals surface area contributed by atoms with Crippen LogP contribution in [-0.2, 0) is 22.4 Å². The second kappa shape index (κ2) is 9.83. The fourth-order valence-electron chi connectivity index (χ4n) is 4.69. The smallest absolute Gasteiger partial charge is 0.229 e. The molecular weight excluding hydrogens is 410 g/mol. The molecule has 0 aromatic carbocycles. The summed E-state index contributed by atoms with van der Waals surface area (Å²) in [6.45, 7) is 7.20. The first-order valence-corrected chi connectivity index (χ1v) is 11.7. The van der Waals surface area contributed by atoms with Crippen molar-refractivity contribution in [2.45, 2.75) is 84.1 Å². The van der Waals surface area contributed by atoms with Gasteiger partial charge in [0.05, 0.1) is 5.69 Å². The van der Waals surface area contributed by atoms with E-state index in [0.717, 1.165) is 55.1 Å². The maximum absolute atomic E-state index is 12.9. The van der Waals surface area contributed by atoms with Crippen molar-refractivity contribution in [1.82, 2.24) is 25.1 Å². The Hall–Kier alpha value is -2.71. The van der Waals surface area contributed by atoms with Gasteiger partial charge in [0.2, 0.25) is 17.7 Å². The highest BCUT2D eigenvalue weighted by atomic mass is 16.5. The number of hydrogen-bond donors (Lipinski definition) is 0. The van der Waals surface area contributed by atoms with Gasteiger partial charge in [0.1, 0.15) is 5.76 Å². The summed E-state index contributed by atoms with van der Waals surface area (Å²) in [5, 5.41) is 8.07. The van der Waals surface area contributed by atoms with E-state index in [1.54, 1.807) is 6.92 Å². The Kier molecular flexibility index (Phi) is 6.91. The average Bonchev–Trinajstić information content (AvgIpc) is 3.31. The number of piperidine rings is 1. The summed E-state index contributed by atoms with van der Waals surface area (Å²) in [7, 11) is 0. The van der Waals surface area contributed by atoms with Gasteiger partial charge in [-0.2, -0.15) is 4.98 Å². The molecule has 9 nitrogen and oxygen atoms in total. The zero-order valence-electron chi connectivity index (χ0n) is 19.3. The van der Waals surface area contributed by atoms with E-state index in [-0.39, 0.29) is 17.9 Å². The Bertz CT molecular complexity index is 929. The van der Waals surface area contributed by atoms with Gasteiger partial charge < -0.3 is 18.8 Å². The zero-order valence-corrected chi connectivity index (χ0v) is 19.3. The molecule has 2 aliphatic rings. The van der Waals surface area contributed by atoms with E-state index in [1.165, 1.54) is 6.42 Å². The van der Waals surface area contributed by atoms with Gasteiger partial charge in [-0.25, -0.2) is 0 Å². The van der Waals surface area contributed by atoms with E-state index in [9.17, 15) is 9.59 Å². The van der Waals surface area contributed by atoms with Gasteiger partial charge in [-0.15, -0.1) is 0 Å². The normalized spacial score (nSPS) is 19.1. The molecule has 0 N–H and O–H groups in total. The zero-order chi connectivity index (χ0) is 22.7. The highest BCUT2D eigenvalue weighted by Gasteiger charge is 2.30. The van der Waals surface area contributed by atoms with Crippen molar-refractivity contribution in [2.75, 3.05) is 19.6 Å². The first kappa shape index (κ1) is 22.5. The van der Waals surface area contributed by atoms with Crippen molar-refractivity contribution < 1.29 is 18.6 Å². The molecule has 1 unspecified atom stereocenters. The van der Waals surface area contributed by atoms with E-state index in [1.807, 2.05) is 23.6 Å². The van der Waals surface area contributed by atoms with Crippen LogP contribution in [0.25, 0.3) is 0 Å². The van der Waals surface area contributed by atoms with E-state index < -0.39 is 0 Å². The molecule has 32 heavy (non-hydrogen) atoms. The van der Waals surface area contributed by atoms with Crippen LogP contribution < -0.4 is 0 Å². The molecule has 1 saturated carbocycles. The number of likely N-dealkylation sites (tertiary alicyclic amines) is 1. The first-order chi connectivity index (χ1) is 15.4. The van der Waals surface area contributed by atoms with Gasteiger partial charge in [-0.1, -0.05) is 16.7 Å². The summed E-state index contributed by atoms with van der Waals surface area (Å²) in [6, 6.07) is 0.0160. The Morgan fingerprint density at radius 3 is 2.56 bits per heavy atom. The number of rotatable bonds is 8. The summed E-state index contributed by atoms with van der Waals surface area (Å²) in [4.78, 5) is 33.6. The lowest BCUT2D eigenvalue weighted by molar-refractivity contribution is -0.138. The van der Waals surface area contributed by atoms with Crippen LogP contribution in [0.3, 0.4) is 0 Å². The molecule has 1 atom stereocenters. The van der Waals surface area contributed by atoms with Crippen molar-refractivity contribution in [1.29, 1.82) is 0 Å². The molecule has 2 fully saturated rings. The summed E-state index contributed by atoms with van der Waals surface area (Å²) >= 11 is 0. The molecule has 3 heterocycles. The van der Waals surface area contributed by atoms with Crippen LogP contribution >= 0.6 is 0 Å². The molecule has 4 rings (SSSR count). The second-order valence-corrected chi connectivity index (χ2v) is 9.08. The quantitative estimate of drug-likeness (QED) is 0.617. The lowest BCUT2D eigenvalue weighted by Crippen LogP contribution is -2.51. The van der Waals surface area contributed by atoms with E-state index >= 15 is 0 Å². The van der Waals surface area contributed by atoms with Crippen molar-refractivity contribution in [2.24, 2.45) is 0 Å². The van der Waals surface area contributed by atoms with Crippen LogP contribution in [0.5, 0.6) is 0 Å². The molecule has 1 aliphatic heterocycles. The predicted octanol–water partition coefficient (Wildman–Crippen LogP) is 2.96. The first-order valence-electron chi connectivity index (χ1n) is 11.7. The average molecular weight is 444 g/mol. The molecule has 2 aromatic rings. The van der Waals surface area contributed by atoms with Gasteiger partial charge in [0, 0.05) is 56.9 Å². The third kappa shape index (κ3) is 5.02. The van der Waals surface area contributed by atoms with Crippen LogP contribution in [-0.4, -0.2) is 62.6 Å². The summed E-state index contributed by atoms with van der Waals surface area (Å²) in [5.41, 5.74) is 1.86. The van der Waals surface area contributed by atoms with Crippen LogP contribution in [0.4, 0.5) is 0 Å². The van der Waals surface area contributed by atoms with Crippen molar-refractivity contribution in [3.63, 3.8) is 0 Å². The second-order valence-electron chi connectivity index (χ2n) is 9.08. The van der Waals surface area contributed by atoms with Gasteiger partial charge in [0.25, 0.3) is 0 Å². The predicted molar refractivity (Wildman–Crippen MR) is 116 cm³/mol.